The molecule has 0 bridgehead atoms. The van der Waals surface area contributed by atoms with Gasteiger partial charge in [-0.3, -0.25) is 0 Å². The van der Waals surface area contributed by atoms with Gasteiger partial charge in [-0.15, -0.1) is 0 Å². The number of nitrogens with zero attached hydrogens (tertiary/aromatic N) is 1. The van der Waals surface area contributed by atoms with Crippen LogP contribution in [0, 0.1) is 0 Å². The Labute approximate surface area is 110 Å². The molecule has 0 aromatic carbocycles. The van der Waals surface area contributed by atoms with Crippen molar-refractivity contribution >= 4 is 16.9 Å². The molecule has 0 fully saturated rings. The summed E-state index contributed by atoms with van der Waals surface area (Å²) < 4.78 is 0. The number of allylic oxidation sites excluding steroid dienone is 1. The van der Waals surface area contributed by atoms with E-state index in [0.29, 0.717) is 0 Å². The van der Waals surface area contributed by atoms with Crippen molar-refractivity contribution in [3.63, 3.8) is 0 Å². The smallest absolute Gasteiger partial charge is 0.165 e. The van der Waals surface area contributed by atoms with Gasteiger partial charge >= 0.3 is 0 Å². The normalized spacial score (nSPS) is 14.6. The summed E-state index contributed by atoms with van der Waals surface area (Å²) in [5, 5.41) is 4.16. The quantitative estimate of drug-likeness (QED) is 0.645. The van der Waals surface area contributed by atoms with Crippen LogP contribution in [0.4, 0.5) is 0 Å². The predicted molar refractivity (Wildman–Crippen MR) is 79.3 cm³/mol. The second-order valence-electron chi connectivity index (χ2n) is 4.37. The van der Waals surface area contributed by atoms with Crippen LogP contribution in [0.5, 0.6) is 0 Å². The van der Waals surface area contributed by atoms with Crippen molar-refractivity contribution in [2.75, 3.05) is 5.75 Å². The third-order valence-corrected chi connectivity index (χ3v) is 3.70. The third-order valence-electron chi connectivity index (χ3n) is 2.72. The molecular formula is C14H24N2S. The van der Waals surface area contributed by atoms with E-state index in [-0.39, 0.29) is 0 Å². The van der Waals surface area contributed by atoms with Crippen molar-refractivity contribution in [1.82, 2.24) is 5.32 Å². The van der Waals surface area contributed by atoms with E-state index >= 15 is 0 Å². The highest BCUT2D eigenvalue weighted by Crippen LogP contribution is 2.13. The molecule has 0 radical (unpaired) electrons. The number of thioether (sulfide) groups is 1. The van der Waals surface area contributed by atoms with Gasteiger partial charge in [0.15, 0.2) is 5.17 Å². The highest BCUT2D eigenvalue weighted by atomic mass is 32.2. The predicted octanol–water partition coefficient (Wildman–Crippen LogP) is 4.46. The second-order valence-corrected chi connectivity index (χ2v) is 5.45. The van der Waals surface area contributed by atoms with Crippen molar-refractivity contribution < 1.29 is 0 Å². The van der Waals surface area contributed by atoms with Gasteiger partial charge in [-0.25, -0.2) is 4.99 Å². The molecule has 3 heteroatoms. The van der Waals surface area contributed by atoms with Gasteiger partial charge in [0.2, 0.25) is 0 Å². The maximum Gasteiger partial charge on any atom is 0.165 e. The van der Waals surface area contributed by atoms with Crippen LogP contribution in [0.1, 0.15) is 51.9 Å². The summed E-state index contributed by atoms with van der Waals surface area (Å²) in [6, 6.07) is 0. The minimum atomic E-state index is 0.932. The first-order valence-corrected chi connectivity index (χ1v) is 7.64. The lowest BCUT2D eigenvalue weighted by molar-refractivity contribution is 0.604. The van der Waals surface area contributed by atoms with Gasteiger partial charge in [0.05, 0.1) is 0 Å². The van der Waals surface area contributed by atoms with Crippen LogP contribution in [0.3, 0.4) is 0 Å². The van der Waals surface area contributed by atoms with Crippen LogP contribution in [0.15, 0.2) is 29.5 Å². The number of aliphatic imine (C=N–C) groups is 1. The molecule has 1 N–H and O–H groups in total. The van der Waals surface area contributed by atoms with E-state index in [4.69, 9.17) is 0 Å². The zero-order valence-corrected chi connectivity index (χ0v) is 11.7. The Hall–Kier alpha value is -0.700. The molecule has 96 valence electrons. The van der Waals surface area contributed by atoms with Gasteiger partial charge in [0, 0.05) is 17.6 Å². The Morgan fingerprint density at radius 2 is 1.88 bits per heavy atom. The van der Waals surface area contributed by atoms with E-state index in [1.807, 2.05) is 12.3 Å². The Kier molecular flexibility index (Phi) is 7.89. The largest absolute Gasteiger partial charge is 0.335 e. The van der Waals surface area contributed by atoms with Crippen LogP contribution in [-0.4, -0.2) is 10.9 Å². The molecule has 1 aliphatic heterocycles. The van der Waals surface area contributed by atoms with Crippen LogP contribution in [-0.2, 0) is 0 Å². The minimum absolute atomic E-state index is 0.932. The average Bonchev–Trinajstić information content (AvgIpc) is 2.33. The van der Waals surface area contributed by atoms with E-state index in [0.717, 1.165) is 16.6 Å². The number of amidine groups is 1. The van der Waals surface area contributed by atoms with E-state index in [1.165, 1.54) is 44.9 Å². The molecule has 0 aromatic heterocycles. The molecule has 2 nitrogen and oxygen atoms in total. The third kappa shape index (κ3) is 7.27. The van der Waals surface area contributed by atoms with Crippen LogP contribution < -0.4 is 5.32 Å². The Morgan fingerprint density at radius 1 is 1.18 bits per heavy atom. The molecule has 0 unspecified atom stereocenters. The first-order valence-electron chi connectivity index (χ1n) is 6.66. The summed E-state index contributed by atoms with van der Waals surface area (Å²) in [4.78, 5) is 4.27. The first kappa shape index (κ1) is 14.4. The van der Waals surface area contributed by atoms with Gasteiger partial charge in [-0.2, -0.15) is 0 Å². The average molecular weight is 252 g/mol. The molecule has 1 aliphatic rings. The standard InChI is InChI=1S/C14H24N2S/c1-3-4-5-6-7-8-9-12-17-14-15-11-10-13(2)16-14/h10-11H,2-9,12H2,1H3,(H,15,16). The molecular weight excluding hydrogens is 228 g/mol. The summed E-state index contributed by atoms with van der Waals surface area (Å²) >= 11 is 1.80. The summed E-state index contributed by atoms with van der Waals surface area (Å²) in [6.07, 6.45) is 13.2. The van der Waals surface area contributed by atoms with Gasteiger partial charge in [0.25, 0.3) is 0 Å². The van der Waals surface area contributed by atoms with Crippen molar-refractivity contribution in [3.05, 3.63) is 24.6 Å². The Balaban J connectivity index is 1.92. The number of rotatable bonds is 8. The Bertz CT molecular complexity index is 282. The lowest BCUT2D eigenvalue weighted by Gasteiger charge is -2.11. The van der Waals surface area contributed by atoms with E-state index in [1.54, 1.807) is 11.8 Å². The second kappa shape index (κ2) is 9.34. The van der Waals surface area contributed by atoms with Crippen LogP contribution in [0.2, 0.25) is 0 Å². The first-order chi connectivity index (χ1) is 8.33. The lowest BCUT2D eigenvalue weighted by Crippen LogP contribution is -2.20. The number of hydrogen-bond acceptors (Lipinski definition) is 3. The number of nitrogens with one attached hydrogen (secondary N) is 1. The fourth-order valence-corrected chi connectivity index (χ4v) is 2.59. The molecule has 0 aromatic rings. The van der Waals surface area contributed by atoms with Crippen LogP contribution >= 0.6 is 11.8 Å². The van der Waals surface area contributed by atoms with Gasteiger partial charge < -0.3 is 5.32 Å². The monoisotopic (exact) mass is 252 g/mol. The highest BCUT2D eigenvalue weighted by molar-refractivity contribution is 8.13. The van der Waals surface area contributed by atoms with Crippen LogP contribution in [0.25, 0.3) is 0 Å². The van der Waals surface area contributed by atoms with E-state index in [2.05, 4.69) is 23.8 Å². The fraction of sp³-hybridized carbons (Fsp3) is 0.643. The van der Waals surface area contributed by atoms with Gasteiger partial charge in [0.1, 0.15) is 0 Å². The molecule has 0 saturated carbocycles. The van der Waals surface area contributed by atoms with Crippen molar-refractivity contribution in [2.24, 2.45) is 4.99 Å². The number of unbranched alkanes of at least 4 members (excludes halogenated alkanes) is 6. The molecule has 1 heterocycles. The molecule has 0 saturated heterocycles. The zero-order valence-electron chi connectivity index (χ0n) is 10.9. The highest BCUT2D eigenvalue weighted by Gasteiger charge is 2.02. The van der Waals surface area contributed by atoms with Gasteiger partial charge in [-0.05, 0) is 12.5 Å². The Morgan fingerprint density at radius 3 is 2.59 bits per heavy atom. The molecule has 0 spiro atoms. The zero-order chi connectivity index (χ0) is 12.3. The topological polar surface area (TPSA) is 24.4 Å². The SMILES string of the molecule is C=C1C=CN=C(SCCCCCCCCC)N1. The summed E-state index contributed by atoms with van der Waals surface area (Å²) in [7, 11) is 0. The summed E-state index contributed by atoms with van der Waals surface area (Å²) in [5.41, 5.74) is 0.932. The molecule has 17 heavy (non-hydrogen) atoms. The lowest BCUT2D eigenvalue weighted by atomic mass is 10.1. The summed E-state index contributed by atoms with van der Waals surface area (Å²) in [6.45, 7) is 6.12. The number of hydrogen-bond donors (Lipinski definition) is 1. The van der Waals surface area contributed by atoms with Crippen molar-refractivity contribution in [2.45, 2.75) is 51.9 Å². The van der Waals surface area contributed by atoms with Crippen molar-refractivity contribution in [1.29, 1.82) is 0 Å². The van der Waals surface area contributed by atoms with Gasteiger partial charge in [-0.1, -0.05) is 63.8 Å². The molecule has 0 aliphatic carbocycles. The molecule has 0 atom stereocenters. The van der Waals surface area contributed by atoms with E-state index < -0.39 is 0 Å². The molecule has 0 amide bonds. The minimum Gasteiger partial charge on any atom is -0.335 e. The van der Waals surface area contributed by atoms with Crippen molar-refractivity contribution in [3.8, 4) is 0 Å². The maximum absolute atomic E-state index is 4.27. The summed E-state index contributed by atoms with van der Waals surface area (Å²) in [5.74, 6) is 1.15. The molecule has 1 rings (SSSR count). The maximum atomic E-state index is 4.27. The fourth-order valence-electron chi connectivity index (χ4n) is 1.71. The van der Waals surface area contributed by atoms with E-state index in [9.17, 15) is 0 Å².